The van der Waals surface area contributed by atoms with Crippen LogP contribution in [0.4, 0.5) is 11.5 Å². The van der Waals surface area contributed by atoms with Crippen LogP contribution >= 0.6 is 0 Å². The van der Waals surface area contributed by atoms with Crippen molar-refractivity contribution in [1.82, 2.24) is 14.9 Å². The van der Waals surface area contributed by atoms with Gasteiger partial charge in [0, 0.05) is 12.2 Å². The van der Waals surface area contributed by atoms with Gasteiger partial charge in [0.1, 0.15) is 11.5 Å². The summed E-state index contributed by atoms with van der Waals surface area (Å²) in [6.45, 7) is 10.3. The fraction of sp³-hybridized carbons (Fsp3) is 0.500. The van der Waals surface area contributed by atoms with Crippen molar-refractivity contribution >= 4 is 17.4 Å². The van der Waals surface area contributed by atoms with Gasteiger partial charge in [-0.1, -0.05) is 45.9 Å². The average molecular weight is 384 g/mol. The summed E-state index contributed by atoms with van der Waals surface area (Å²) in [5.41, 5.74) is 3.47. The van der Waals surface area contributed by atoms with Crippen molar-refractivity contribution in [2.45, 2.75) is 46.0 Å². The van der Waals surface area contributed by atoms with E-state index in [9.17, 15) is 4.79 Å². The first-order chi connectivity index (χ1) is 13.3. The molecule has 0 aliphatic rings. The van der Waals surface area contributed by atoms with Gasteiger partial charge in [-0.2, -0.15) is 0 Å². The first kappa shape index (κ1) is 21.8. The number of nitrogens with zero attached hydrogens (tertiary/aromatic N) is 3. The lowest BCUT2D eigenvalue weighted by Gasteiger charge is -2.20. The fourth-order valence-electron chi connectivity index (χ4n) is 3.02. The molecule has 6 heteroatoms. The van der Waals surface area contributed by atoms with E-state index >= 15 is 0 Å². The van der Waals surface area contributed by atoms with Crippen molar-refractivity contribution in [2.24, 2.45) is 0 Å². The largest absolute Gasteiger partial charge is 0.369 e. The molecule has 0 radical (unpaired) electrons. The van der Waals surface area contributed by atoms with E-state index < -0.39 is 0 Å². The molecule has 2 aromatic rings. The molecule has 0 bridgehead atoms. The van der Waals surface area contributed by atoms with E-state index in [1.165, 1.54) is 6.20 Å². The Morgan fingerprint density at radius 3 is 2.18 bits per heavy atom. The fourth-order valence-corrected chi connectivity index (χ4v) is 3.02. The number of amides is 1. The molecule has 0 fully saturated rings. The molecule has 0 aliphatic heterocycles. The van der Waals surface area contributed by atoms with Gasteiger partial charge in [0.15, 0.2) is 0 Å². The van der Waals surface area contributed by atoms with Crippen LogP contribution in [0.1, 0.15) is 67.6 Å². The van der Waals surface area contributed by atoms with Gasteiger partial charge in [-0.3, -0.25) is 4.79 Å². The molecule has 0 atom stereocenters. The molecule has 6 nitrogen and oxygen atoms in total. The summed E-state index contributed by atoms with van der Waals surface area (Å²) >= 11 is 0. The molecule has 2 rings (SSSR count). The molecule has 0 unspecified atom stereocenters. The molecule has 2 N–H and O–H groups in total. The minimum Gasteiger partial charge on any atom is -0.369 e. The lowest BCUT2D eigenvalue weighted by Crippen LogP contribution is -2.18. The summed E-state index contributed by atoms with van der Waals surface area (Å²) in [4.78, 5) is 23.5. The highest BCUT2D eigenvalue weighted by Crippen LogP contribution is 2.32. The quantitative estimate of drug-likeness (QED) is 0.630. The summed E-state index contributed by atoms with van der Waals surface area (Å²) in [6.07, 6.45) is 4.15. The lowest BCUT2D eigenvalue weighted by molar-refractivity contribution is 0.102. The lowest BCUT2D eigenvalue weighted by atomic mass is 9.92. The Kier molecular flexibility index (Phi) is 7.93. The Morgan fingerprint density at radius 1 is 1.04 bits per heavy atom. The second-order valence-electron chi connectivity index (χ2n) is 7.95. The first-order valence-electron chi connectivity index (χ1n) is 9.94. The van der Waals surface area contributed by atoms with Gasteiger partial charge in [0.25, 0.3) is 5.91 Å². The van der Waals surface area contributed by atoms with Crippen LogP contribution in [-0.4, -0.2) is 48.0 Å². The number of nitrogens with one attached hydrogen (secondary N) is 2. The molecule has 0 saturated heterocycles. The highest BCUT2D eigenvalue weighted by Gasteiger charge is 2.17. The van der Waals surface area contributed by atoms with Gasteiger partial charge in [0.2, 0.25) is 0 Å². The standard InChI is InChI=1S/C22H33N5O/c1-15(2)17-9-7-10-18(16(3)4)21(17)26-22(28)19-13-25-20(14-24-19)23-11-8-12-27(5)6/h7,9-10,13-16H,8,11-12H2,1-6H3,(H,23,25)(H,26,28). The highest BCUT2D eigenvalue weighted by molar-refractivity contribution is 6.03. The van der Waals surface area contributed by atoms with Crippen LogP contribution < -0.4 is 10.6 Å². The first-order valence-corrected chi connectivity index (χ1v) is 9.94. The molecule has 1 amide bonds. The van der Waals surface area contributed by atoms with Crippen molar-refractivity contribution in [3.05, 3.63) is 47.4 Å². The zero-order valence-electron chi connectivity index (χ0n) is 17.9. The van der Waals surface area contributed by atoms with Crippen molar-refractivity contribution in [2.75, 3.05) is 37.8 Å². The summed E-state index contributed by atoms with van der Waals surface area (Å²) in [6, 6.07) is 6.19. The summed E-state index contributed by atoms with van der Waals surface area (Å²) in [5.74, 6) is 1.07. The van der Waals surface area contributed by atoms with E-state index in [1.54, 1.807) is 6.20 Å². The normalized spacial score (nSPS) is 11.3. The monoisotopic (exact) mass is 383 g/mol. The van der Waals surface area contributed by atoms with Gasteiger partial charge in [-0.15, -0.1) is 0 Å². The Balaban J connectivity index is 2.09. The van der Waals surface area contributed by atoms with Crippen LogP contribution in [0.25, 0.3) is 0 Å². The maximum Gasteiger partial charge on any atom is 0.275 e. The van der Waals surface area contributed by atoms with Crippen LogP contribution in [-0.2, 0) is 0 Å². The Hall–Kier alpha value is -2.47. The maximum atomic E-state index is 12.8. The van der Waals surface area contributed by atoms with Crippen molar-refractivity contribution in [3.8, 4) is 0 Å². The molecule has 0 spiro atoms. The minimum atomic E-state index is -0.235. The molecule has 0 aliphatic carbocycles. The Labute approximate surface area is 168 Å². The maximum absolute atomic E-state index is 12.8. The predicted molar refractivity (Wildman–Crippen MR) is 116 cm³/mol. The van der Waals surface area contributed by atoms with Gasteiger partial charge < -0.3 is 15.5 Å². The van der Waals surface area contributed by atoms with E-state index in [0.29, 0.717) is 23.3 Å². The third-order valence-corrected chi connectivity index (χ3v) is 4.58. The Bertz CT molecular complexity index is 743. The average Bonchev–Trinajstić information content (AvgIpc) is 2.65. The van der Waals surface area contributed by atoms with Crippen LogP contribution in [0.3, 0.4) is 0 Å². The van der Waals surface area contributed by atoms with Crippen LogP contribution in [0.2, 0.25) is 0 Å². The van der Waals surface area contributed by atoms with Crippen molar-refractivity contribution < 1.29 is 4.79 Å². The summed E-state index contributed by atoms with van der Waals surface area (Å²) in [7, 11) is 4.10. The van der Waals surface area contributed by atoms with Gasteiger partial charge in [-0.25, -0.2) is 9.97 Å². The molecule has 0 saturated carbocycles. The molecule has 28 heavy (non-hydrogen) atoms. The number of hydrogen-bond donors (Lipinski definition) is 2. The summed E-state index contributed by atoms with van der Waals surface area (Å²) in [5, 5.41) is 6.31. The highest BCUT2D eigenvalue weighted by atomic mass is 16.1. The molecule has 1 heterocycles. The molecule has 1 aromatic carbocycles. The molecular formula is C22H33N5O. The molecular weight excluding hydrogens is 350 g/mol. The Morgan fingerprint density at radius 2 is 1.68 bits per heavy atom. The smallest absolute Gasteiger partial charge is 0.275 e. The number of carbonyl (C=O) groups excluding carboxylic acids is 1. The second-order valence-corrected chi connectivity index (χ2v) is 7.95. The number of para-hydroxylation sites is 1. The van der Waals surface area contributed by atoms with Gasteiger partial charge in [0.05, 0.1) is 12.4 Å². The minimum absolute atomic E-state index is 0.235. The number of hydrogen-bond acceptors (Lipinski definition) is 5. The van der Waals surface area contributed by atoms with Crippen LogP contribution in [0, 0.1) is 0 Å². The molecule has 1 aromatic heterocycles. The van der Waals surface area contributed by atoms with Gasteiger partial charge >= 0.3 is 0 Å². The topological polar surface area (TPSA) is 70.2 Å². The third kappa shape index (κ3) is 6.02. The number of aromatic nitrogens is 2. The zero-order valence-corrected chi connectivity index (χ0v) is 17.9. The second kappa shape index (κ2) is 10.2. The van der Waals surface area contributed by atoms with Crippen molar-refractivity contribution in [3.63, 3.8) is 0 Å². The van der Waals surface area contributed by atoms with Crippen LogP contribution in [0.15, 0.2) is 30.6 Å². The number of carbonyl (C=O) groups is 1. The molecule has 152 valence electrons. The number of anilines is 2. The van der Waals surface area contributed by atoms with E-state index in [0.717, 1.165) is 36.3 Å². The third-order valence-electron chi connectivity index (χ3n) is 4.58. The number of rotatable bonds is 9. The van der Waals surface area contributed by atoms with Crippen molar-refractivity contribution in [1.29, 1.82) is 0 Å². The van der Waals surface area contributed by atoms with Crippen LogP contribution in [0.5, 0.6) is 0 Å². The van der Waals surface area contributed by atoms with Gasteiger partial charge in [-0.05, 0) is 50.0 Å². The predicted octanol–water partition coefficient (Wildman–Crippen LogP) is 4.34. The SMILES string of the molecule is CC(C)c1cccc(C(C)C)c1NC(=O)c1cnc(NCCCN(C)C)cn1. The van der Waals surface area contributed by atoms with E-state index in [2.05, 4.69) is 85.5 Å². The number of benzene rings is 1. The zero-order chi connectivity index (χ0) is 20.7. The van der Waals surface area contributed by atoms with E-state index in [-0.39, 0.29) is 5.91 Å². The van der Waals surface area contributed by atoms with E-state index in [4.69, 9.17) is 0 Å². The summed E-state index contributed by atoms with van der Waals surface area (Å²) < 4.78 is 0. The van der Waals surface area contributed by atoms with E-state index in [1.807, 2.05) is 0 Å².